The molecule has 0 saturated carbocycles. The van der Waals surface area contributed by atoms with E-state index in [4.69, 9.17) is 13.9 Å². The SMILES string of the molecule is COc1cc(C=c2[nH]c(=O)c(=Cc3ncoc3C(C)(C)C)[nH]c2=O)cc(OC)c1. The van der Waals surface area contributed by atoms with Gasteiger partial charge in [0.15, 0.2) is 6.39 Å². The Morgan fingerprint density at radius 2 is 1.48 bits per heavy atom. The fourth-order valence-corrected chi connectivity index (χ4v) is 2.83. The van der Waals surface area contributed by atoms with Gasteiger partial charge in [0.1, 0.15) is 33.7 Å². The number of aromatic amines is 2. The number of rotatable bonds is 4. The van der Waals surface area contributed by atoms with Crippen LogP contribution in [0.25, 0.3) is 12.2 Å². The molecule has 2 N–H and O–H groups in total. The number of oxazole rings is 1. The third-order valence-electron chi connectivity index (χ3n) is 4.23. The lowest BCUT2D eigenvalue weighted by Gasteiger charge is -2.14. The maximum atomic E-state index is 12.5. The summed E-state index contributed by atoms with van der Waals surface area (Å²) in [6.45, 7) is 5.91. The van der Waals surface area contributed by atoms with Crippen LogP contribution in [0.2, 0.25) is 0 Å². The van der Waals surface area contributed by atoms with Crippen LogP contribution in [0.1, 0.15) is 37.8 Å². The van der Waals surface area contributed by atoms with E-state index in [1.165, 1.54) is 26.7 Å². The van der Waals surface area contributed by atoms with Crippen molar-refractivity contribution in [2.75, 3.05) is 14.2 Å². The number of H-pyrrole nitrogens is 2. The van der Waals surface area contributed by atoms with E-state index >= 15 is 0 Å². The summed E-state index contributed by atoms with van der Waals surface area (Å²) in [5, 5.41) is 0.202. The van der Waals surface area contributed by atoms with Gasteiger partial charge in [0.25, 0.3) is 11.1 Å². The predicted molar refractivity (Wildman–Crippen MR) is 109 cm³/mol. The molecule has 0 radical (unpaired) electrons. The molecule has 2 aromatic heterocycles. The molecule has 0 amide bonds. The minimum atomic E-state index is -0.450. The lowest BCUT2D eigenvalue weighted by Crippen LogP contribution is -2.46. The standard InChI is InChI=1S/C21H23N3O5/c1-21(2,3)18-15(22-11-29-18)10-17-20(26)23-16(19(25)24-17)8-12-6-13(27-4)9-14(7-12)28-5/h6-11H,1-5H3,(H,23,26)(H,24,25). The Labute approximate surface area is 166 Å². The largest absolute Gasteiger partial charge is 0.497 e. The van der Waals surface area contributed by atoms with Crippen molar-refractivity contribution in [2.24, 2.45) is 0 Å². The van der Waals surface area contributed by atoms with Gasteiger partial charge in [-0.25, -0.2) is 4.98 Å². The monoisotopic (exact) mass is 397 g/mol. The molecule has 0 aliphatic heterocycles. The third kappa shape index (κ3) is 4.48. The molecule has 8 nitrogen and oxygen atoms in total. The number of aromatic nitrogens is 3. The first kappa shape index (κ1) is 20.2. The van der Waals surface area contributed by atoms with E-state index in [2.05, 4.69) is 15.0 Å². The maximum Gasteiger partial charge on any atom is 0.272 e. The second-order valence-electron chi connectivity index (χ2n) is 7.49. The average Bonchev–Trinajstić information content (AvgIpc) is 3.14. The van der Waals surface area contributed by atoms with Gasteiger partial charge in [-0.05, 0) is 29.8 Å². The zero-order valence-corrected chi connectivity index (χ0v) is 17.0. The van der Waals surface area contributed by atoms with Gasteiger partial charge in [-0.3, -0.25) is 9.59 Å². The third-order valence-corrected chi connectivity index (χ3v) is 4.23. The molecule has 0 saturated heterocycles. The fourth-order valence-electron chi connectivity index (χ4n) is 2.83. The van der Waals surface area contributed by atoms with E-state index < -0.39 is 11.1 Å². The first-order valence-electron chi connectivity index (χ1n) is 8.94. The molecule has 0 atom stereocenters. The molecule has 8 heteroatoms. The Hall–Kier alpha value is -3.55. The van der Waals surface area contributed by atoms with Crippen molar-refractivity contribution >= 4 is 12.2 Å². The number of hydrogen-bond acceptors (Lipinski definition) is 6. The molecule has 3 rings (SSSR count). The Bertz CT molecular complexity index is 1240. The van der Waals surface area contributed by atoms with Crippen LogP contribution in [0.5, 0.6) is 11.5 Å². The van der Waals surface area contributed by atoms with Crippen LogP contribution in [0, 0.1) is 0 Å². The number of nitrogens with one attached hydrogen (secondary N) is 2. The van der Waals surface area contributed by atoms with Crippen LogP contribution in [0.4, 0.5) is 0 Å². The summed E-state index contributed by atoms with van der Waals surface area (Å²) in [6, 6.07) is 5.17. The van der Waals surface area contributed by atoms with Crippen LogP contribution in [-0.4, -0.2) is 29.2 Å². The molecule has 3 aromatic rings. The lowest BCUT2D eigenvalue weighted by molar-refractivity contribution is 0.394. The van der Waals surface area contributed by atoms with Crippen LogP contribution < -0.4 is 31.3 Å². The first-order chi connectivity index (χ1) is 13.7. The Morgan fingerprint density at radius 3 is 2.00 bits per heavy atom. The van der Waals surface area contributed by atoms with Crippen molar-refractivity contribution < 1.29 is 13.9 Å². The van der Waals surface area contributed by atoms with E-state index in [1.807, 2.05) is 20.8 Å². The highest BCUT2D eigenvalue weighted by molar-refractivity contribution is 5.54. The van der Waals surface area contributed by atoms with Gasteiger partial charge in [0, 0.05) is 11.5 Å². The highest BCUT2D eigenvalue weighted by Gasteiger charge is 2.21. The summed E-state index contributed by atoms with van der Waals surface area (Å²) in [5.41, 5.74) is -0.0559. The molecule has 0 fully saturated rings. The normalized spacial score (nSPS) is 13.0. The van der Waals surface area contributed by atoms with E-state index in [1.54, 1.807) is 24.3 Å². The summed E-state index contributed by atoms with van der Waals surface area (Å²) in [5.74, 6) is 1.76. The second-order valence-corrected chi connectivity index (χ2v) is 7.49. The number of hydrogen-bond donors (Lipinski definition) is 2. The number of methoxy groups -OCH3 is 2. The number of ether oxygens (including phenoxy) is 2. The zero-order chi connectivity index (χ0) is 21.2. The Balaban J connectivity index is 2.13. The molecule has 152 valence electrons. The molecular weight excluding hydrogens is 374 g/mol. The maximum absolute atomic E-state index is 12.5. The van der Waals surface area contributed by atoms with Gasteiger partial charge in [-0.1, -0.05) is 20.8 Å². The van der Waals surface area contributed by atoms with Gasteiger partial charge in [-0.2, -0.15) is 0 Å². The van der Waals surface area contributed by atoms with Crippen LogP contribution in [0.15, 0.2) is 38.6 Å². The highest BCUT2D eigenvalue weighted by atomic mass is 16.5. The minimum absolute atomic E-state index is 0.0924. The van der Waals surface area contributed by atoms with Gasteiger partial charge in [0.2, 0.25) is 0 Å². The van der Waals surface area contributed by atoms with Crippen LogP contribution in [-0.2, 0) is 5.41 Å². The molecule has 2 heterocycles. The Morgan fingerprint density at radius 1 is 0.931 bits per heavy atom. The molecule has 0 bridgehead atoms. The minimum Gasteiger partial charge on any atom is -0.497 e. The van der Waals surface area contributed by atoms with Crippen molar-refractivity contribution in [2.45, 2.75) is 26.2 Å². The summed E-state index contributed by atoms with van der Waals surface area (Å²) in [6.07, 6.45) is 4.37. The van der Waals surface area contributed by atoms with Crippen molar-refractivity contribution in [1.29, 1.82) is 0 Å². The molecule has 0 unspecified atom stereocenters. The molecule has 0 spiro atoms. The second kappa shape index (κ2) is 7.83. The smallest absolute Gasteiger partial charge is 0.272 e. The number of benzene rings is 1. The highest BCUT2D eigenvalue weighted by Crippen LogP contribution is 2.25. The van der Waals surface area contributed by atoms with E-state index in [0.29, 0.717) is 28.5 Å². The van der Waals surface area contributed by atoms with Gasteiger partial charge in [0.05, 0.1) is 14.2 Å². The van der Waals surface area contributed by atoms with E-state index in [-0.39, 0.29) is 16.1 Å². The van der Waals surface area contributed by atoms with Gasteiger partial charge >= 0.3 is 0 Å². The fraction of sp³-hybridized carbons (Fsp3) is 0.286. The summed E-state index contributed by atoms with van der Waals surface area (Å²) >= 11 is 0. The number of nitrogens with zero attached hydrogens (tertiary/aromatic N) is 1. The first-order valence-corrected chi connectivity index (χ1v) is 8.94. The van der Waals surface area contributed by atoms with E-state index in [0.717, 1.165) is 0 Å². The topological polar surface area (TPSA) is 110 Å². The summed E-state index contributed by atoms with van der Waals surface area (Å²) < 4.78 is 15.9. The summed E-state index contributed by atoms with van der Waals surface area (Å²) in [7, 11) is 3.07. The van der Waals surface area contributed by atoms with Crippen molar-refractivity contribution in [3.63, 3.8) is 0 Å². The predicted octanol–water partition coefficient (Wildman–Crippen LogP) is 1.02. The average molecular weight is 397 g/mol. The van der Waals surface area contributed by atoms with Gasteiger partial charge in [-0.15, -0.1) is 0 Å². The molecule has 0 aliphatic carbocycles. The van der Waals surface area contributed by atoms with Crippen LogP contribution in [0.3, 0.4) is 0 Å². The molecule has 0 aliphatic rings. The lowest BCUT2D eigenvalue weighted by atomic mass is 9.92. The summed E-state index contributed by atoms with van der Waals surface area (Å²) in [4.78, 5) is 34.4. The Kier molecular flexibility index (Phi) is 5.45. The van der Waals surface area contributed by atoms with Crippen molar-refractivity contribution in [1.82, 2.24) is 15.0 Å². The van der Waals surface area contributed by atoms with Crippen molar-refractivity contribution in [3.05, 3.63) is 73.0 Å². The zero-order valence-electron chi connectivity index (χ0n) is 17.0. The van der Waals surface area contributed by atoms with Crippen LogP contribution >= 0.6 is 0 Å². The van der Waals surface area contributed by atoms with E-state index in [9.17, 15) is 9.59 Å². The van der Waals surface area contributed by atoms with Gasteiger partial charge < -0.3 is 23.9 Å². The molecule has 29 heavy (non-hydrogen) atoms. The van der Waals surface area contributed by atoms with Crippen molar-refractivity contribution in [3.8, 4) is 11.5 Å². The molecular formula is C21H23N3O5. The molecule has 1 aromatic carbocycles. The quantitative estimate of drug-likeness (QED) is 0.680.